The molecule has 2 aromatic rings. The summed E-state index contributed by atoms with van der Waals surface area (Å²) in [7, 11) is 0. The molecule has 2 aromatic heterocycles. The molecule has 2 amide bonds. The smallest absolute Gasteiger partial charge is 0.286 e. The van der Waals surface area contributed by atoms with E-state index >= 15 is 0 Å². The van der Waals surface area contributed by atoms with Crippen molar-refractivity contribution in [2.75, 3.05) is 5.75 Å². The summed E-state index contributed by atoms with van der Waals surface area (Å²) in [6, 6.07) is 6.07. The second-order valence-corrected chi connectivity index (χ2v) is 7.04. The Morgan fingerprint density at radius 2 is 2.24 bits per heavy atom. The standard InChI is InChI=1S/C14H15N3O2S2/c18-13-10(21-14(19)16-13)4-1-2-9-20-12-6-3-5-11-15-7-8-17(11)12/h3,5-8,10H,1-2,4,9H2,(H,16,18,19). The normalized spacial score (nSPS) is 18.4. The van der Waals surface area contributed by atoms with Crippen molar-refractivity contribution in [1.82, 2.24) is 14.7 Å². The van der Waals surface area contributed by atoms with Crippen LogP contribution in [0.25, 0.3) is 5.65 Å². The average Bonchev–Trinajstić information content (AvgIpc) is 3.05. The first-order valence-electron chi connectivity index (χ1n) is 6.80. The van der Waals surface area contributed by atoms with Crippen LogP contribution in [0.2, 0.25) is 0 Å². The van der Waals surface area contributed by atoms with Crippen LogP contribution >= 0.6 is 23.5 Å². The van der Waals surface area contributed by atoms with Crippen molar-refractivity contribution in [1.29, 1.82) is 0 Å². The van der Waals surface area contributed by atoms with E-state index in [-0.39, 0.29) is 16.4 Å². The Morgan fingerprint density at radius 3 is 3.05 bits per heavy atom. The number of carbonyl (C=O) groups is 2. The molecule has 0 radical (unpaired) electrons. The number of thioether (sulfide) groups is 2. The lowest BCUT2D eigenvalue weighted by atomic mass is 10.2. The number of fused-ring (bicyclic) bond motifs is 1. The minimum Gasteiger partial charge on any atom is -0.294 e. The van der Waals surface area contributed by atoms with Gasteiger partial charge in [0.2, 0.25) is 5.91 Å². The van der Waals surface area contributed by atoms with Gasteiger partial charge in [0.05, 0.1) is 10.3 Å². The van der Waals surface area contributed by atoms with E-state index in [9.17, 15) is 9.59 Å². The molecule has 0 bridgehead atoms. The second-order valence-electron chi connectivity index (χ2n) is 4.75. The summed E-state index contributed by atoms with van der Waals surface area (Å²) in [5.74, 6) is 0.852. The monoisotopic (exact) mass is 321 g/mol. The zero-order valence-corrected chi connectivity index (χ0v) is 13.0. The van der Waals surface area contributed by atoms with Crippen molar-refractivity contribution >= 4 is 40.3 Å². The Labute approximate surface area is 130 Å². The van der Waals surface area contributed by atoms with E-state index in [1.807, 2.05) is 18.3 Å². The highest BCUT2D eigenvalue weighted by Gasteiger charge is 2.30. The van der Waals surface area contributed by atoms with Gasteiger partial charge >= 0.3 is 0 Å². The van der Waals surface area contributed by atoms with Gasteiger partial charge < -0.3 is 0 Å². The first-order valence-corrected chi connectivity index (χ1v) is 8.67. The quantitative estimate of drug-likeness (QED) is 0.654. The molecule has 5 nitrogen and oxygen atoms in total. The number of hydrogen-bond acceptors (Lipinski definition) is 5. The van der Waals surface area contributed by atoms with Gasteiger partial charge in [0, 0.05) is 12.4 Å². The van der Waals surface area contributed by atoms with Crippen molar-refractivity contribution in [3.8, 4) is 0 Å². The number of imide groups is 1. The number of nitrogens with one attached hydrogen (secondary N) is 1. The molecule has 0 aliphatic carbocycles. The predicted molar refractivity (Wildman–Crippen MR) is 84.7 cm³/mol. The van der Waals surface area contributed by atoms with Crippen LogP contribution in [0.3, 0.4) is 0 Å². The third kappa shape index (κ3) is 3.41. The third-order valence-electron chi connectivity index (χ3n) is 3.27. The number of carbonyl (C=O) groups excluding carboxylic acids is 2. The first kappa shape index (κ1) is 14.5. The maximum atomic E-state index is 11.4. The molecule has 3 rings (SSSR count). The molecular weight excluding hydrogens is 306 g/mol. The maximum absolute atomic E-state index is 11.4. The molecule has 3 heterocycles. The van der Waals surface area contributed by atoms with E-state index < -0.39 is 0 Å². The van der Waals surface area contributed by atoms with Crippen molar-refractivity contribution in [2.45, 2.75) is 29.5 Å². The fraction of sp³-hybridized carbons (Fsp3) is 0.357. The summed E-state index contributed by atoms with van der Waals surface area (Å²) in [6.45, 7) is 0. The van der Waals surface area contributed by atoms with Crippen LogP contribution in [0.4, 0.5) is 4.79 Å². The molecule has 1 unspecified atom stereocenters. The van der Waals surface area contributed by atoms with E-state index in [1.165, 1.54) is 5.03 Å². The van der Waals surface area contributed by atoms with Crippen LogP contribution in [-0.4, -0.2) is 31.5 Å². The highest BCUT2D eigenvalue weighted by atomic mass is 32.2. The van der Waals surface area contributed by atoms with Crippen LogP contribution in [0.15, 0.2) is 35.6 Å². The summed E-state index contributed by atoms with van der Waals surface area (Å²) in [5.41, 5.74) is 0.956. The maximum Gasteiger partial charge on any atom is 0.286 e. The Hall–Kier alpha value is -1.47. The van der Waals surface area contributed by atoms with E-state index in [1.54, 1.807) is 18.0 Å². The van der Waals surface area contributed by atoms with E-state index in [0.717, 1.165) is 42.4 Å². The number of amides is 2. The predicted octanol–water partition coefficient (Wildman–Crippen LogP) is 2.95. The lowest BCUT2D eigenvalue weighted by molar-refractivity contribution is -0.119. The lowest BCUT2D eigenvalue weighted by Gasteiger charge is -2.06. The lowest BCUT2D eigenvalue weighted by Crippen LogP contribution is -2.24. The summed E-state index contributed by atoms with van der Waals surface area (Å²) in [6.07, 6.45) is 6.49. The van der Waals surface area contributed by atoms with Crippen LogP contribution in [0, 0.1) is 0 Å². The largest absolute Gasteiger partial charge is 0.294 e. The molecule has 0 saturated carbocycles. The fourth-order valence-corrected chi connectivity index (χ4v) is 4.13. The Kier molecular flexibility index (Phi) is 4.50. The summed E-state index contributed by atoms with van der Waals surface area (Å²) >= 11 is 2.90. The van der Waals surface area contributed by atoms with Crippen LogP contribution in [-0.2, 0) is 4.79 Å². The fourth-order valence-electron chi connectivity index (χ4n) is 2.23. The van der Waals surface area contributed by atoms with Gasteiger partial charge in [0.25, 0.3) is 5.24 Å². The van der Waals surface area contributed by atoms with E-state index in [4.69, 9.17) is 0 Å². The number of nitrogens with zero attached hydrogens (tertiary/aromatic N) is 2. The Balaban J connectivity index is 1.43. The first-order chi connectivity index (χ1) is 10.2. The van der Waals surface area contributed by atoms with E-state index in [2.05, 4.69) is 20.8 Å². The van der Waals surface area contributed by atoms with Gasteiger partial charge in [-0.1, -0.05) is 24.2 Å². The van der Waals surface area contributed by atoms with Gasteiger partial charge in [-0.15, -0.1) is 11.8 Å². The Bertz CT molecular complexity index is 671. The zero-order chi connectivity index (χ0) is 14.7. The molecule has 21 heavy (non-hydrogen) atoms. The molecule has 0 spiro atoms. The molecule has 1 fully saturated rings. The molecule has 110 valence electrons. The number of pyridine rings is 1. The second kappa shape index (κ2) is 6.53. The molecule has 0 aromatic carbocycles. The third-order valence-corrected chi connectivity index (χ3v) is 5.44. The average molecular weight is 321 g/mol. The Morgan fingerprint density at radius 1 is 1.33 bits per heavy atom. The molecule has 1 aliphatic rings. The molecule has 1 N–H and O–H groups in total. The molecule has 1 aliphatic heterocycles. The highest BCUT2D eigenvalue weighted by Crippen LogP contribution is 2.25. The van der Waals surface area contributed by atoms with Crippen molar-refractivity contribution < 1.29 is 9.59 Å². The zero-order valence-electron chi connectivity index (χ0n) is 11.3. The number of unbranched alkanes of at least 4 members (excludes halogenated alkanes) is 1. The molecule has 7 heteroatoms. The van der Waals surface area contributed by atoms with E-state index in [0.29, 0.717) is 0 Å². The SMILES string of the molecule is O=C1NC(=O)C(CCCCSc2cccc3nccn23)S1. The summed E-state index contributed by atoms with van der Waals surface area (Å²) in [5, 5.41) is 3.08. The van der Waals surface area contributed by atoms with Gasteiger partial charge in [0.15, 0.2) is 0 Å². The van der Waals surface area contributed by atoms with Gasteiger partial charge in [0.1, 0.15) is 5.65 Å². The summed E-state index contributed by atoms with van der Waals surface area (Å²) < 4.78 is 2.07. The number of rotatable bonds is 6. The number of imidazole rings is 1. The molecule has 1 saturated heterocycles. The van der Waals surface area contributed by atoms with Crippen molar-refractivity contribution in [2.24, 2.45) is 0 Å². The van der Waals surface area contributed by atoms with Crippen LogP contribution in [0.5, 0.6) is 0 Å². The number of hydrogen-bond donors (Lipinski definition) is 1. The highest BCUT2D eigenvalue weighted by molar-refractivity contribution is 8.15. The molecular formula is C14H15N3O2S2. The van der Waals surface area contributed by atoms with Gasteiger partial charge in [-0.05, 0) is 30.7 Å². The topological polar surface area (TPSA) is 63.5 Å². The molecule has 1 atom stereocenters. The van der Waals surface area contributed by atoms with Crippen molar-refractivity contribution in [3.05, 3.63) is 30.6 Å². The van der Waals surface area contributed by atoms with Gasteiger partial charge in [-0.25, -0.2) is 4.98 Å². The van der Waals surface area contributed by atoms with Gasteiger partial charge in [-0.2, -0.15) is 0 Å². The number of aromatic nitrogens is 2. The van der Waals surface area contributed by atoms with Crippen molar-refractivity contribution in [3.63, 3.8) is 0 Å². The van der Waals surface area contributed by atoms with Gasteiger partial charge in [-0.3, -0.25) is 19.3 Å². The minimum atomic E-state index is -0.217. The van der Waals surface area contributed by atoms with Crippen LogP contribution in [0.1, 0.15) is 19.3 Å². The van der Waals surface area contributed by atoms with Crippen LogP contribution < -0.4 is 5.32 Å². The summed E-state index contributed by atoms with van der Waals surface area (Å²) in [4.78, 5) is 26.7. The minimum absolute atomic E-state index is 0.138.